The summed E-state index contributed by atoms with van der Waals surface area (Å²) >= 11 is 0. The molecule has 0 aromatic rings. The lowest BCUT2D eigenvalue weighted by molar-refractivity contribution is -0.120. The SMILES string of the molecule is COC1CCCC(OC(=O)NC2CC(NC(C)=O)CCC2C)C1N(C1CCCCC1)C1CCCCC1. The summed E-state index contributed by atoms with van der Waals surface area (Å²) in [6.45, 7) is 3.75. The van der Waals surface area contributed by atoms with E-state index < -0.39 is 0 Å². The van der Waals surface area contributed by atoms with Crippen molar-refractivity contribution in [2.75, 3.05) is 7.11 Å². The van der Waals surface area contributed by atoms with Gasteiger partial charge in [-0.25, -0.2) is 4.79 Å². The molecule has 0 aromatic carbocycles. The van der Waals surface area contributed by atoms with Gasteiger partial charge in [-0.2, -0.15) is 0 Å². The Bertz CT molecular complexity index is 689. The highest BCUT2D eigenvalue weighted by Crippen LogP contribution is 2.38. The van der Waals surface area contributed by atoms with Crippen molar-refractivity contribution in [3.05, 3.63) is 0 Å². The zero-order valence-corrected chi connectivity index (χ0v) is 23.0. The minimum Gasteiger partial charge on any atom is -0.444 e. The van der Waals surface area contributed by atoms with Crippen LogP contribution in [0.3, 0.4) is 0 Å². The summed E-state index contributed by atoms with van der Waals surface area (Å²) in [4.78, 5) is 27.7. The number of carbonyl (C=O) groups excluding carboxylic acids is 2. The zero-order valence-electron chi connectivity index (χ0n) is 23.0. The lowest BCUT2D eigenvalue weighted by Gasteiger charge is -2.51. The standard InChI is InChI=1S/C29H51N3O4/c1-20-17-18-22(30-21(2)33)19-25(20)31-29(34)36-27-16-10-15-26(35-3)28(27)32(23-11-6-4-7-12-23)24-13-8-5-9-14-24/h20,22-28H,4-19H2,1-3H3,(H,30,33)(H,31,34). The molecule has 36 heavy (non-hydrogen) atoms. The Morgan fingerprint density at radius 1 is 0.750 bits per heavy atom. The van der Waals surface area contributed by atoms with E-state index >= 15 is 0 Å². The van der Waals surface area contributed by atoms with Crippen LogP contribution in [0.5, 0.6) is 0 Å². The van der Waals surface area contributed by atoms with Gasteiger partial charge in [-0.15, -0.1) is 0 Å². The molecule has 0 aliphatic heterocycles. The highest BCUT2D eigenvalue weighted by Gasteiger charge is 2.45. The van der Waals surface area contributed by atoms with Crippen LogP contribution in [0.25, 0.3) is 0 Å². The second kappa shape index (κ2) is 13.5. The Labute approximate surface area is 218 Å². The van der Waals surface area contributed by atoms with Crippen LogP contribution in [0.1, 0.15) is 117 Å². The maximum Gasteiger partial charge on any atom is 0.407 e. The number of nitrogens with zero attached hydrogens (tertiary/aromatic N) is 1. The molecule has 4 aliphatic carbocycles. The van der Waals surface area contributed by atoms with Crippen molar-refractivity contribution in [1.29, 1.82) is 0 Å². The number of hydrogen-bond acceptors (Lipinski definition) is 5. The van der Waals surface area contributed by atoms with Crippen molar-refractivity contribution in [2.24, 2.45) is 5.92 Å². The first-order valence-corrected chi connectivity index (χ1v) is 15.0. The van der Waals surface area contributed by atoms with Crippen LogP contribution >= 0.6 is 0 Å². The molecule has 206 valence electrons. The van der Waals surface area contributed by atoms with E-state index in [1.165, 1.54) is 64.2 Å². The molecular weight excluding hydrogens is 454 g/mol. The summed E-state index contributed by atoms with van der Waals surface area (Å²) in [5.74, 6) is 0.370. The van der Waals surface area contributed by atoms with Crippen molar-refractivity contribution >= 4 is 12.0 Å². The van der Waals surface area contributed by atoms with Gasteiger partial charge in [0.15, 0.2) is 0 Å². The van der Waals surface area contributed by atoms with E-state index in [0.29, 0.717) is 18.0 Å². The normalized spacial score (nSPS) is 34.8. The molecule has 0 radical (unpaired) electrons. The van der Waals surface area contributed by atoms with Crippen LogP contribution in [0.15, 0.2) is 0 Å². The minimum atomic E-state index is -0.297. The monoisotopic (exact) mass is 505 g/mol. The summed E-state index contributed by atoms with van der Waals surface area (Å²) in [7, 11) is 1.84. The molecule has 0 aromatic heterocycles. The molecule has 4 aliphatic rings. The molecular formula is C29H51N3O4. The number of methoxy groups -OCH3 is 1. The topological polar surface area (TPSA) is 79.9 Å². The number of alkyl carbamates (subject to hydrolysis) is 1. The van der Waals surface area contributed by atoms with Gasteiger partial charge in [0.2, 0.25) is 5.91 Å². The van der Waals surface area contributed by atoms with Gasteiger partial charge in [0.25, 0.3) is 0 Å². The Morgan fingerprint density at radius 3 is 1.94 bits per heavy atom. The predicted octanol–water partition coefficient (Wildman–Crippen LogP) is 5.31. The van der Waals surface area contributed by atoms with Gasteiger partial charge in [-0.1, -0.05) is 45.4 Å². The number of hydrogen-bond donors (Lipinski definition) is 2. The highest BCUT2D eigenvalue weighted by molar-refractivity contribution is 5.73. The number of carbonyl (C=O) groups is 2. The fraction of sp³-hybridized carbons (Fsp3) is 0.931. The molecule has 0 bridgehead atoms. The van der Waals surface area contributed by atoms with E-state index in [2.05, 4.69) is 22.5 Å². The van der Waals surface area contributed by atoms with Crippen LogP contribution < -0.4 is 10.6 Å². The Kier molecular flexibility index (Phi) is 10.3. The molecule has 2 N–H and O–H groups in total. The molecule has 6 unspecified atom stereocenters. The lowest BCUT2D eigenvalue weighted by atomic mass is 9.81. The third-order valence-electron chi connectivity index (χ3n) is 9.54. The van der Waals surface area contributed by atoms with Crippen molar-refractivity contribution in [3.63, 3.8) is 0 Å². The van der Waals surface area contributed by atoms with Crippen molar-refractivity contribution in [2.45, 2.75) is 159 Å². The average Bonchev–Trinajstić information content (AvgIpc) is 2.88. The largest absolute Gasteiger partial charge is 0.444 e. The van der Waals surface area contributed by atoms with Gasteiger partial charge in [-0.3, -0.25) is 9.69 Å². The maximum absolute atomic E-state index is 13.3. The fourth-order valence-corrected chi connectivity index (χ4v) is 7.68. The van der Waals surface area contributed by atoms with E-state index in [4.69, 9.17) is 9.47 Å². The third-order valence-corrected chi connectivity index (χ3v) is 9.54. The molecule has 0 saturated heterocycles. The third kappa shape index (κ3) is 7.15. The quantitative estimate of drug-likeness (QED) is 0.490. The van der Waals surface area contributed by atoms with E-state index in [9.17, 15) is 9.59 Å². The molecule has 0 heterocycles. The molecule has 2 amide bonds. The Morgan fingerprint density at radius 2 is 1.36 bits per heavy atom. The second-order valence-corrected chi connectivity index (χ2v) is 12.1. The molecule has 4 saturated carbocycles. The molecule has 4 fully saturated rings. The van der Waals surface area contributed by atoms with Crippen LogP contribution in [0, 0.1) is 5.92 Å². The average molecular weight is 506 g/mol. The number of nitrogens with one attached hydrogen (secondary N) is 2. The molecule has 0 spiro atoms. The van der Waals surface area contributed by atoms with Crippen LogP contribution in [0.4, 0.5) is 4.79 Å². The van der Waals surface area contributed by atoms with Crippen LogP contribution in [0.2, 0.25) is 0 Å². The lowest BCUT2D eigenvalue weighted by Crippen LogP contribution is -2.62. The predicted molar refractivity (Wildman–Crippen MR) is 142 cm³/mol. The van der Waals surface area contributed by atoms with Crippen LogP contribution in [-0.4, -0.2) is 66.4 Å². The number of ether oxygens (including phenoxy) is 2. The van der Waals surface area contributed by atoms with E-state index in [1.54, 1.807) is 6.92 Å². The van der Waals surface area contributed by atoms with Crippen LogP contribution in [-0.2, 0) is 14.3 Å². The van der Waals surface area contributed by atoms with Gasteiger partial charge in [0.1, 0.15) is 6.10 Å². The summed E-state index contributed by atoms with van der Waals surface area (Å²) in [5, 5.41) is 6.24. The maximum atomic E-state index is 13.3. The Balaban J connectivity index is 1.47. The first-order valence-electron chi connectivity index (χ1n) is 15.0. The molecule has 7 nitrogen and oxygen atoms in total. The van der Waals surface area contributed by atoms with E-state index in [0.717, 1.165) is 38.5 Å². The van der Waals surface area contributed by atoms with Gasteiger partial charge in [0.05, 0.1) is 12.1 Å². The number of amides is 2. The van der Waals surface area contributed by atoms with Crippen molar-refractivity contribution < 1.29 is 19.1 Å². The summed E-state index contributed by atoms with van der Waals surface area (Å²) in [5.41, 5.74) is 0. The second-order valence-electron chi connectivity index (χ2n) is 12.1. The van der Waals surface area contributed by atoms with Gasteiger partial charge in [-0.05, 0) is 70.1 Å². The number of rotatable bonds is 7. The fourth-order valence-electron chi connectivity index (χ4n) is 7.68. The summed E-state index contributed by atoms with van der Waals surface area (Å²) < 4.78 is 12.4. The Hall–Kier alpha value is -1.34. The van der Waals surface area contributed by atoms with Crippen molar-refractivity contribution in [3.8, 4) is 0 Å². The molecule has 4 rings (SSSR count). The smallest absolute Gasteiger partial charge is 0.407 e. The van der Waals surface area contributed by atoms with E-state index in [-0.39, 0.29) is 42.3 Å². The van der Waals surface area contributed by atoms with Crippen molar-refractivity contribution in [1.82, 2.24) is 15.5 Å². The van der Waals surface area contributed by atoms with Gasteiger partial charge < -0.3 is 20.1 Å². The van der Waals surface area contributed by atoms with E-state index in [1.807, 2.05) is 7.11 Å². The zero-order chi connectivity index (χ0) is 25.5. The summed E-state index contributed by atoms with van der Waals surface area (Å²) in [6.07, 6.45) is 18.3. The minimum absolute atomic E-state index is 0.00273. The van der Waals surface area contributed by atoms with Gasteiger partial charge in [0, 0.05) is 38.2 Å². The first kappa shape index (κ1) is 27.7. The molecule has 7 heteroatoms. The molecule has 6 atom stereocenters. The summed E-state index contributed by atoms with van der Waals surface area (Å²) in [6, 6.07) is 1.44. The first-order chi connectivity index (χ1) is 17.5. The van der Waals surface area contributed by atoms with Gasteiger partial charge >= 0.3 is 6.09 Å². The highest BCUT2D eigenvalue weighted by atomic mass is 16.6.